The van der Waals surface area contributed by atoms with Crippen LogP contribution >= 0.6 is 11.3 Å². The van der Waals surface area contributed by atoms with E-state index in [4.69, 9.17) is 0 Å². The van der Waals surface area contributed by atoms with Crippen LogP contribution in [0.4, 0.5) is 0 Å². The van der Waals surface area contributed by atoms with Crippen molar-refractivity contribution in [3.05, 3.63) is 22.4 Å². The van der Waals surface area contributed by atoms with Gasteiger partial charge in [0.2, 0.25) is 5.91 Å². The highest BCUT2D eigenvalue weighted by atomic mass is 32.1. The Morgan fingerprint density at radius 3 is 2.62 bits per heavy atom. The zero-order chi connectivity index (χ0) is 15.0. The van der Waals surface area contributed by atoms with Crippen molar-refractivity contribution in [3.63, 3.8) is 0 Å². The minimum Gasteiger partial charge on any atom is -0.318 e. The van der Waals surface area contributed by atoms with Crippen molar-refractivity contribution in [2.24, 2.45) is 5.92 Å². The molecule has 5 heteroatoms. The molecule has 3 heterocycles. The maximum absolute atomic E-state index is 12.9. The van der Waals surface area contributed by atoms with Crippen molar-refractivity contribution < 1.29 is 4.79 Å². The van der Waals surface area contributed by atoms with Gasteiger partial charge in [0.1, 0.15) is 6.17 Å². The first-order chi connectivity index (χ1) is 10.1. The molecule has 1 aromatic rings. The molecule has 0 radical (unpaired) electrons. The van der Waals surface area contributed by atoms with Gasteiger partial charge in [0.15, 0.2) is 0 Å². The van der Waals surface area contributed by atoms with Crippen LogP contribution in [-0.4, -0.2) is 47.9 Å². The van der Waals surface area contributed by atoms with Gasteiger partial charge in [0.05, 0.1) is 6.04 Å². The molecule has 2 saturated heterocycles. The quantitative estimate of drug-likeness (QED) is 0.931. The topological polar surface area (TPSA) is 35.6 Å². The van der Waals surface area contributed by atoms with Crippen molar-refractivity contribution in [1.29, 1.82) is 0 Å². The number of amides is 1. The number of rotatable bonds is 3. The molecule has 1 aromatic heterocycles. The summed E-state index contributed by atoms with van der Waals surface area (Å²) >= 11 is 1.70. The summed E-state index contributed by atoms with van der Waals surface area (Å²) in [7, 11) is 2.16. The summed E-state index contributed by atoms with van der Waals surface area (Å²) in [5, 5.41) is 7.83. The van der Waals surface area contributed by atoms with Crippen LogP contribution in [-0.2, 0) is 4.79 Å². The fourth-order valence-electron chi connectivity index (χ4n) is 3.44. The molecular formula is C16H25N3OS. The van der Waals surface area contributed by atoms with Gasteiger partial charge in [-0.15, -0.1) is 0 Å². The Hall–Kier alpha value is -0.910. The van der Waals surface area contributed by atoms with Crippen molar-refractivity contribution >= 4 is 17.2 Å². The molecule has 2 aliphatic heterocycles. The maximum Gasteiger partial charge on any atom is 0.241 e. The normalized spacial score (nSPS) is 28.8. The number of hydrogen-bond donors (Lipinski definition) is 1. The Kier molecular flexibility index (Phi) is 4.33. The number of hydrogen-bond acceptors (Lipinski definition) is 4. The Bertz CT molecular complexity index is 480. The summed E-state index contributed by atoms with van der Waals surface area (Å²) < 4.78 is 0. The number of nitrogens with one attached hydrogen (secondary N) is 1. The lowest BCUT2D eigenvalue weighted by molar-refractivity contribution is -0.134. The number of thiophene rings is 1. The molecule has 0 saturated carbocycles. The highest BCUT2D eigenvalue weighted by Crippen LogP contribution is 2.33. The van der Waals surface area contributed by atoms with Crippen molar-refractivity contribution in [3.8, 4) is 0 Å². The van der Waals surface area contributed by atoms with E-state index in [0.29, 0.717) is 12.0 Å². The molecule has 0 bridgehead atoms. The van der Waals surface area contributed by atoms with Crippen LogP contribution in [0.5, 0.6) is 0 Å². The molecule has 21 heavy (non-hydrogen) atoms. The van der Waals surface area contributed by atoms with Crippen LogP contribution in [0.15, 0.2) is 16.8 Å². The second-order valence-corrected chi connectivity index (χ2v) is 7.41. The molecule has 3 rings (SSSR count). The molecule has 0 aromatic carbocycles. The van der Waals surface area contributed by atoms with E-state index in [1.165, 1.54) is 5.56 Å². The summed E-state index contributed by atoms with van der Waals surface area (Å²) in [6.07, 6.45) is 2.22. The average Bonchev–Trinajstić information content (AvgIpc) is 3.07. The van der Waals surface area contributed by atoms with Gasteiger partial charge in [-0.3, -0.25) is 10.1 Å². The standard InChI is InChI=1S/C16H25N3OS/c1-11(2)14-16(20)19(13-4-7-18(3)8-5-13)15(17-14)12-6-9-21-10-12/h6,9-11,13-15,17H,4-5,7-8H2,1-3H3. The molecule has 2 aliphatic rings. The van der Waals surface area contributed by atoms with Gasteiger partial charge in [-0.25, -0.2) is 0 Å². The van der Waals surface area contributed by atoms with Gasteiger partial charge in [-0.2, -0.15) is 11.3 Å². The number of likely N-dealkylation sites (tertiary alicyclic amines) is 1. The minimum absolute atomic E-state index is 0.0467. The fraction of sp³-hybridized carbons (Fsp3) is 0.688. The van der Waals surface area contributed by atoms with Gasteiger partial charge in [0.25, 0.3) is 0 Å². The molecule has 1 amide bonds. The van der Waals surface area contributed by atoms with Crippen molar-refractivity contribution in [2.45, 2.75) is 44.9 Å². The first kappa shape index (κ1) is 15.0. The lowest BCUT2D eigenvalue weighted by atomic mass is 10.0. The smallest absolute Gasteiger partial charge is 0.241 e. The van der Waals surface area contributed by atoms with Crippen LogP contribution in [0.2, 0.25) is 0 Å². The van der Waals surface area contributed by atoms with Gasteiger partial charge in [-0.05, 0) is 61.3 Å². The van der Waals surface area contributed by atoms with Gasteiger partial charge in [-0.1, -0.05) is 13.8 Å². The molecule has 2 atom stereocenters. The number of carbonyl (C=O) groups excluding carboxylic acids is 1. The molecule has 4 nitrogen and oxygen atoms in total. The van der Waals surface area contributed by atoms with Gasteiger partial charge < -0.3 is 9.80 Å². The average molecular weight is 307 g/mol. The minimum atomic E-state index is -0.0467. The second kappa shape index (κ2) is 6.07. The zero-order valence-corrected chi connectivity index (χ0v) is 13.9. The van der Waals surface area contributed by atoms with E-state index in [0.717, 1.165) is 25.9 Å². The SMILES string of the molecule is CC(C)C1NC(c2ccsc2)N(C2CCN(C)CC2)C1=O. The molecule has 1 N–H and O–H groups in total. The maximum atomic E-state index is 12.9. The Balaban J connectivity index is 1.84. The lowest BCUT2D eigenvalue weighted by Crippen LogP contribution is -2.46. The monoisotopic (exact) mass is 307 g/mol. The van der Waals surface area contributed by atoms with Gasteiger partial charge >= 0.3 is 0 Å². The third-order valence-corrected chi connectivity index (χ3v) is 5.44. The van der Waals surface area contributed by atoms with Crippen LogP contribution in [0.3, 0.4) is 0 Å². The first-order valence-electron chi connectivity index (χ1n) is 7.87. The third kappa shape index (κ3) is 2.87. The number of carbonyl (C=O) groups is 1. The first-order valence-corrected chi connectivity index (χ1v) is 8.81. The summed E-state index contributed by atoms with van der Waals surface area (Å²) in [5.74, 6) is 0.616. The third-order valence-electron chi connectivity index (χ3n) is 4.74. The Morgan fingerprint density at radius 2 is 2.05 bits per heavy atom. The highest BCUT2D eigenvalue weighted by Gasteiger charge is 2.44. The molecule has 2 unspecified atom stereocenters. The predicted molar refractivity (Wildman–Crippen MR) is 86.2 cm³/mol. The van der Waals surface area contributed by atoms with E-state index in [1.807, 2.05) is 0 Å². The number of piperidine rings is 1. The highest BCUT2D eigenvalue weighted by molar-refractivity contribution is 7.07. The summed E-state index contributed by atoms with van der Waals surface area (Å²) in [4.78, 5) is 17.4. The molecular weight excluding hydrogens is 282 g/mol. The molecule has 0 aliphatic carbocycles. The summed E-state index contributed by atoms with van der Waals surface area (Å²) in [5.41, 5.74) is 1.23. The van der Waals surface area contributed by atoms with Crippen LogP contribution < -0.4 is 5.32 Å². The Morgan fingerprint density at radius 1 is 1.33 bits per heavy atom. The van der Waals surface area contributed by atoms with E-state index in [2.05, 4.69) is 52.8 Å². The van der Waals surface area contributed by atoms with E-state index >= 15 is 0 Å². The zero-order valence-electron chi connectivity index (χ0n) is 13.1. The largest absolute Gasteiger partial charge is 0.318 e. The summed E-state index contributed by atoms with van der Waals surface area (Å²) in [6, 6.07) is 2.46. The second-order valence-electron chi connectivity index (χ2n) is 6.63. The van der Waals surface area contributed by atoms with Crippen LogP contribution in [0.1, 0.15) is 38.4 Å². The molecule has 0 spiro atoms. The van der Waals surface area contributed by atoms with Crippen LogP contribution in [0.25, 0.3) is 0 Å². The molecule has 2 fully saturated rings. The fourth-order valence-corrected chi connectivity index (χ4v) is 4.12. The van der Waals surface area contributed by atoms with Crippen molar-refractivity contribution in [2.75, 3.05) is 20.1 Å². The molecule has 116 valence electrons. The Labute approximate surface area is 131 Å². The van der Waals surface area contributed by atoms with E-state index in [-0.39, 0.29) is 18.1 Å². The van der Waals surface area contributed by atoms with E-state index in [9.17, 15) is 4.79 Å². The number of nitrogens with zero attached hydrogens (tertiary/aromatic N) is 2. The van der Waals surface area contributed by atoms with E-state index in [1.54, 1.807) is 11.3 Å². The van der Waals surface area contributed by atoms with Crippen LogP contribution in [0, 0.1) is 5.92 Å². The van der Waals surface area contributed by atoms with E-state index < -0.39 is 0 Å². The van der Waals surface area contributed by atoms with Crippen molar-refractivity contribution in [1.82, 2.24) is 15.1 Å². The van der Waals surface area contributed by atoms with Gasteiger partial charge in [0, 0.05) is 6.04 Å². The summed E-state index contributed by atoms with van der Waals surface area (Å²) in [6.45, 7) is 6.41. The lowest BCUT2D eigenvalue weighted by Gasteiger charge is -2.37. The predicted octanol–water partition coefficient (Wildman–Crippen LogP) is 2.30.